The van der Waals surface area contributed by atoms with Crippen molar-refractivity contribution in [2.24, 2.45) is 0 Å². The number of piperidine rings is 1. The minimum atomic E-state index is 0.351. The Morgan fingerprint density at radius 1 is 1.25 bits per heavy atom. The molecular formula is C25H28N6O. The minimum absolute atomic E-state index is 0.351. The predicted octanol–water partition coefficient (Wildman–Crippen LogP) is 4.71. The van der Waals surface area contributed by atoms with E-state index in [9.17, 15) is 0 Å². The Morgan fingerprint density at radius 3 is 2.78 bits per heavy atom. The fourth-order valence-corrected chi connectivity index (χ4v) is 5.02. The first-order chi connectivity index (χ1) is 15.6. The molecule has 3 aromatic heterocycles. The van der Waals surface area contributed by atoms with Crippen molar-refractivity contribution in [1.29, 1.82) is 5.26 Å². The molecule has 0 atom stereocenters. The van der Waals surface area contributed by atoms with Crippen LogP contribution in [0.2, 0.25) is 0 Å². The lowest BCUT2D eigenvalue weighted by molar-refractivity contribution is 0.235. The van der Waals surface area contributed by atoms with Crippen molar-refractivity contribution < 1.29 is 4.74 Å². The van der Waals surface area contributed by atoms with Gasteiger partial charge in [-0.15, -0.1) is 0 Å². The Balaban J connectivity index is 1.57. The molecule has 7 heteroatoms. The van der Waals surface area contributed by atoms with Crippen LogP contribution in [0.3, 0.4) is 0 Å². The number of pyridine rings is 1. The molecule has 0 spiro atoms. The zero-order chi connectivity index (χ0) is 22.2. The number of hydrogen-bond donors (Lipinski definition) is 1. The number of ether oxygens (including phenoxy) is 1. The number of methoxy groups -OCH3 is 1. The standard InChI is InChI=1S/C25H28N6O/c1-16(2)23-20-12-18(17-6-9-30(10-7-17)11-8-26)4-5-21(20)29-24(23)19-13-22(32-3)25-27-15-28-31(25)14-19/h4-5,12-17,29H,6-7,9-11H2,1-3H3. The van der Waals surface area contributed by atoms with Gasteiger partial charge in [-0.25, -0.2) is 9.50 Å². The van der Waals surface area contributed by atoms with Crippen molar-refractivity contribution in [1.82, 2.24) is 24.5 Å². The van der Waals surface area contributed by atoms with Crippen molar-refractivity contribution in [2.75, 3.05) is 26.7 Å². The number of hydrogen-bond acceptors (Lipinski definition) is 5. The second-order valence-electron chi connectivity index (χ2n) is 8.91. The van der Waals surface area contributed by atoms with Gasteiger partial charge < -0.3 is 9.72 Å². The van der Waals surface area contributed by atoms with Crippen molar-refractivity contribution in [3.8, 4) is 23.1 Å². The topological polar surface area (TPSA) is 82.2 Å². The van der Waals surface area contributed by atoms with Crippen LogP contribution in [0.5, 0.6) is 5.75 Å². The minimum Gasteiger partial charge on any atom is -0.493 e. The molecule has 0 radical (unpaired) electrons. The highest BCUT2D eigenvalue weighted by Crippen LogP contribution is 2.39. The first-order valence-electron chi connectivity index (χ1n) is 11.2. The van der Waals surface area contributed by atoms with Gasteiger partial charge in [-0.2, -0.15) is 10.4 Å². The van der Waals surface area contributed by atoms with Crippen LogP contribution in [-0.4, -0.2) is 51.2 Å². The van der Waals surface area contributed by atoms with Gasteiger partial charge in [0.15, 0.2) is 11.4 Å². The third-order valence-electron chi connectivity index (χ3n) is 6.64. The second-order valence-corrected chi connectivity index (χ2v) is 8.91. The van der Waals surface area contributed by atoms with Gasteiger partial charge in [-0.05, 0) is 67.1 Å². The maximum atomic E-state index is 8.97. The van der Waals surface area contributed by atoms with E-state index in [0.717, 1.165) is 42.7 Å². The second kappa shape index (κ2) is 8.29. The summed E-state index contributed by atoms with van der Waals surface area (Å²) >= 11 is 0. The molecular weight excluding hydrogens is 400 g/mol. The molecule has 0 amide bonds. The van der Waals surface area contributed by atoms with E-state index < -0.39 is 0 Å². The number of nitriles is 1. The summed E-state index contributed by atoms with van der Waals surface area (Å²) in [4.78, 5) is 10.2. The Hall–Kier alpha value is -3.37. The number of H-pyrrole nitrogens is 1. The Labute approximate surface area is 187 Å². The summed E-state index contributed by atoms with van der Waals surface area (Å²) in [6, 6.07) is 11.2. The Kier molecular flexibility index (Phi) is 5.32. The molecule has 1 saturated heterocycles. The number of nitrogens with zero attached hydrogens (tertiary/aromatic N) is 5. The fraction of sp³-hybridized carbons (Fsp3) is 0.400. The number of likely N-dealkylation sites (tertiary alicyclic amines) is 1. The van der Waals surface area contributed by atoms with E-state index in [0.29, 0.717) is 29.8 Å². The highest BCUT2D eigenvalue weighted by Gasteiger charge is 2.23. The quantitative estimate of drug-likeness (QED) is 0.466. The molecule has 4 heterocycles. The molecule has 1 aliphatic rings. The normalized spacial score (nSPS) is 15.6. The Morgan fingerprint density at radius 2 is 2.06 bits per heavy atom. The summed E-state index contributed by atoms with van der Waals surface area (Å²) in [6.45, 7) is 6.99. The molecule has 0 unspecified atom stereocenters. The highest BCUT2D eigenvalue weighted by molar-refractivity contribution is 5.92. The summed E-state index contributed by atoms with van der Waals surface area (Å²) in [5.74, 6) is 1.60. The maximum Gasteiger partial charge on any atom is 0.197 e. The lowest BCUT2D eigenvalue weighted by Crippen LogP contribution is -2.33. The van der Waals surface area contributed by atoms with E-state index in [-0.39, 0.29) is 0 Å². The van der Waals surface area contributed by atoms with Crippen LogP contribution >= 0.6 is 0 Å². The van der Waals surface area contributed by atoms with Crippen LogP contribution in [0, 0.1) is 11.3 Å². The highest BCUT2D eigenvalue weighted by atomic mass is 16.5. The maximum absolute atomic E-state index is 8.97. The number of aromatic amines is 1. The van der Waals surface area contributed by atoms with Crippen LogP contribution in [0.25, 0.3) is 27.8 Å². The summed E-state index contributed by atoms with van der Waals surface area (Å²) in [6.07, 6.45) is 5.75. The summed E-state index contributed by atoms with van der Waals surface area (Å²) in [7, 11) is 1.66. The third-order valence-corrected chi connectivity index (χ3v) is 6.64. The van der Waals surface area contributed by atoms with Gasteiger partial charge in [0.25, 0.3) is 0 Å². The summed E-state index contributed by atoms with van der Waals surface area (Å²) < 4.78 is 7.35. The van der Waals surface area contributed by atoms with Gasteiger partial charge in [0, 0.05) is 22.7 Å². The van der Waals surface area contributed by atoms with Crippen molar-refractivity contribution in [2.45, 2.75) is 38.5 Å². The van der Waals surface area contributed by atoms with E-state index in [4.69, 9.17) is 10.00 Å². The average molecular weight is 429 g/mol. The van der Waals surface area contributed by atoms with Crippen LogP contribution in [0.15, 0.2) is 36.8 Å². The van der Waals surface area contributed by atoms with Gasteiger partial charge in [-0.1, -0.05) is 19.9 Å². The van der Waals surface area contributed by atoms with E-state index >= 15 is 0 Å². The van der Waals surface area contributed by atoms with Crippen molar-refractivity contribution >= 4 is 16.6 Å². The SMILES string of the molecule is COc1cc(-c2[nH]c3ccc(C4CCN(CC#N)CC4)cc3c2C(C)C)cn2ncnc12. The van der Waals surface area contributed by atoms with Crippen LogP contribution in [0.1, 0.15) is 49.7 Å². The number of aromatic nitrogens is 4. The molecule has 4 aromatic rings. The van der Waals surface area contributed by atoms with Crippen molar-refractivity contribution in [3.05, 3.63) is 47.9 Å². The predicted molar refractivity (Wildman–Crippen MR) is 125 cm³/mol. The third kappa shape index (κ3) is 3.51. The largest absolute Gasteiger partial charge is 0.493 e. The molecule has 5 rings (SSSR count). The summed E-state index contributed by atoms with van der Waals surface area (Å²) in [5.41, 5.74) is 6.70. The molecule has 1 aromatic carbocycles. The van der Waals surface area contributed by atoms with Gasteiger partial charge in [0.1, 0.15) is 6.33 Å². The van der Waals surface area contributed by atoms with Crippen LogP contribution < -0.4 is 4.74 Å². The zero-order valence-electron chi connectivity index (χ0n) is 18.8. The van der Waals surface area contributed by atoms with Gasteiger partial charge in [-0.3, -0.25) is 4.90 Å². The van der Waals surface area contributed by atoms with Crippen molar-refractivity contribution in [3.63, 3.8) is 0 Å². The zero-order valence-corrected chi connectivity index (χ0v) is 18.8. The van der Waals surface area contributed by atoms with E-state index in [1.807, 2.05) is 12.3 Å². The lowest BCUT2D eigenvalue weighted by atomic mass is 9.87. The number of nitrogens with one attached hydrogen (secondary N) is 1. The first kappa shape index (κ1) is 20.5. The van der Waals surface area contributed by atoms with E-state index in [1.54, 1.807) is 18.0 Å². The average Bonchev–Trinajstić information content (AvgIpc) is 3.43. The molecule has 164 valence electrons. The van der Waals surface area contributed by atoms with Gasteiger partial charge >= 0.3 is 0 Å². The molecule has 1 fully saturated rings. The fourth-order valence-electron chi connectivity index (χ4n) is 5.02. The van der Waals surface area contributed by atoms with E-state index in [1.165, 1.54) is 16.5 Å². The molecule has 0 bridgehead atoms. The monoisotopic (exact) mass is 428 g/mol. The molecule has 32 heavy (non-hydrogen) atoms. The molecule has 1 N–H and O–H groups in total. The number of rotatable bonds is 5. The first-order valence-corrected chi connectivity index (χ1v) is 11.2. The van der Waals surface area contributed by atoms with Crippen LogP contribution in [0.4, 0.5) is 0 Å². The smallest absolute Gasteiger partial charge is 0.197 e. The van der Waals surface area contributed by atoms with E-state index in [2.05, 4.69) is 58.1 Å². The van der Waals surface area contributed by atoms with Crippen LogP contribution in [-0.2, 0) is 0 Å². The summed E-state index contributed by atoms with van der Waals surface area (Å²) in [5, 5.41) is 14.6. The molecule has 7 nitrogen and oxygen atoms in total. The Bertz CT molecular complexity index is 1300. The molecule has 0 aliphatic carbocycles. The van der Waals surface area contributed by atoms with Gasteiger partial charge in [0.05, 0.1) is 25.4 Å². The number of fused-ring (bicyclic) bond motifs is 2. The van der Waals surface area contributed by atoms with Gasteiger partial charge in [0.2, 0.25) is 0 Å². The lowest BCUT2D eigenvalue weighted by Gasteiger charge is -2.30. The molecule has 0 saturated carbocycles. The number of benzene rings is 1. The molecule has 1 aliphatic heterocycles.